The van der Waals surface area contributed by atoms with Crippen molar-refractivity contribution in [1.82, 2.24) is 14.2 Å². The van der Waals surface area contributed by atoms with E-state index in [1.807, 2.05) is 18.2 Å². The van der Waals surface area contributed by atoms with Crippen molar-refractivity contribution < 1.29 is 8.42 Å². The molecule has 1 saturated heterocycles. The minimum absolute atomic E-state index is 0.299. The van der Waals surface area contributed by atoms with Crippen molar-refractivity contribution in [2.45, 2.75) is 18.4 Å². The average Bonchev–Trinajstić information content (AvgIpc) is 2.70. The molecule has 140 valence electrons. The molecule has 1 aromatic heterocycles. The number of para-hydroxylation sites is 1. The van der Waals surface area contributed by atoms with E-state index in [1.165, 1.54) is 11.1 Å². The Bertz CT molecular complexity index is 1040. The zero-order valence-corrected chi connectivity index (χ0v) is 16.2. The third-order valence-corrected chi connectivity index (χ3v) is 7.00. The van der Waals surface area contributed by atoms with Crippen LogP contribution in [0.5, 0.6) is 0 Å². The fraction of sp³-hybridized carbons (Fsp3) is 0.286. The second-order valence-corrected chi connectivity index (χ2v) is 8.90. The van der Waals surface area contributed by atoms with Crippen LogP contribution in [0.25, 0.3) is 10.9 Å². The molecule has 3 aromatic rings. The molecular weight excluding hydrogens is 358 g/mol. The lowest BCUT2D eigenvalue weighted by molar-refractivity contribution is 0.181. The highest BCUT2D eigenvalue weighted by Crippen LogP contribution is 2.25. The molecule has 1 aliphatic rings. The summed E-state index contributed by atoms with van der Waals surface area (Å²) in [5, 5.41) is 0.844. The molecule has 0 atom stereocenters. The summed E-state index contributed by atoms with van der Waals surface area (Å²) in [6.07, 6.45) is 1.64. The van der Waals surface area contributed by atoms with E-state index in [2.05, 4.69) is 41.1 Å². The lowest BCUT2D eigenvalue weighted by Crippen LogP contribution is -2.48. The molecule has 0 spiro atoms. The van der Waals surface area contributed by atoms with Crippen LogP contribution in [0.2, 0.25) is 0 Å². The van der Waals surface area contributed by atoms with Gasteiger partial charge in [0.2, 0.25) is 10.0 Å². The van der Waals surface area contributed by atoms with Gasteiger partial charge in [0.05, 0.1) is 5.52 Å². The van der Waals surface area contributed by atoms with Crippen LogP contribution in [0, 0.1) is 6.92 Å². The molecule has 0 saturated carbocycles. The van der Waals surface area contributed by atoms with Crippen LogP contribution in [-0.2, 0) is 16.6 Å². The van der Waals surface area contributed by atoms with E-state index in [4.69, 9.17) is 0 Å². The minimum Gasteiger partial charge on any atom is -0.296 e. The summed E-state index contributed by atoms with van der Waals surface area (Å²) < 4.78 is 27.9. The molecule has 1 aliphatic heterocycles. The van der Waals surface area contributed by atoms with Crippen LogP contribution in [0.1, 0.15) is 11.1 Å². The second kappa shape index (κ2) is 7.38. The third-order valence-electron chi connectivity index (χ3n) is 5.07. The molecule has 4 rings (SSSR count). The molecular formula is C21H23N3O2S. The van der Waals surface area contributed by atoms with Crippen molar-refractivity contribution >= 4 is 20.9 Å². The number of aromatic nitrogens is 1. The second-order valence-electron chi connectivity index (χ2n) is 7.00. The highest BCUT2D eigenvalue weighted by Gasteiger charge is 2.30. The number of nitrogens with zero attached hydrogens (tertiary/aromatic N) is 3. The number of aryl methyl sites for hydroxylation is 1. The summed E-state index contributed by atoms with van der Waals surface area (Å²) in [5.74, 6) is 0. The van der Waals surface area contributed by atoms with E-state index in [0.29, 0.717) is 23.5 Å². The maximum absolute atomic E-state index is 13.2. The first kappa shape index (κ1) is 18.1. The molecule has 0 N–H and O–H groups in total. The number of fused-ring (bicyclic) bond motifs is 1. The van der Waals surface area contributed by atoms with E-state index in [1.54, 1.807) is 22.6 Å². The number of sulfonamides is 1. The summed E-state index contributed by atoms with van der Waals surface area (Å²) in [7, 11) is -3.55. The standard InChI is InChI=1S/C21H23N3O2S/c1-17-7-9-18(10-8-17)16-23-12-14-24(15-13-23)27(25,26)20-6-2-4-19-5-3-11-22-21(19)20/h2-11H,12-16H2,1H3. The van der Waals surface area contributed by atoms with Gasteiger partial charge in [0.25, 0.3) is 0 Å². The van der Waals surface area contributed by atoms with Gasteiger partial charge in [-0.3, -0.25) is 9.88 Å². The van der Waals surface area contributed by atoms with Crippen LogP contribution in [0.3, 0.4) is 0 Å². The molecule has 0 unspecified atom stereocenters. The molecule has 2 heterocycles. The summed E-state index contributed by atoms with van der Waals surface area (Å²) in [6.45, 7) is 5.38. The Hall–Kier alpha value is -2.28. The normalized spacial score (nSPS) is 16.6. The lowest BCUT2D eigenvalue weighted by atomic mass is 10.1. The van der Waals surface area contributed by atoms with E-state index >= 15 is 0 Å². The summed E-state index contributed by atoms with van der Waals surface area (Å²) >= 11 is 0. The molecule has 1 fully saturated rings. The van der Waals surface area contributed by atoms with Crippen molar-refractivity contribution in [2.75, 3.05) is 26.2 Å². The van der Waals surface area contributed by atoms with Gasteiger partial charge in [0.15, 0.2) is 0 Å². The molecule has 27 heavy (non-hydrogen) atoms. The van der Waals surface area contributed by atoms with Gasteiger partial charge in [-0.2, -0.15) is 4.31 Å². The van der Waals surface area contributed by atoms with Crippen LogP contribution >= 0.6 is 0 Å². The zero-order valence-electron chi connectivity index (χ0n) is 15.4. The minimum atomic E-state index is -3.55. The largest absolute Gasteiger partial charge is 0.296 e. The first-order chi connectivity index (χ1) is 13.0. The molecule has 0 radical (unpaired) electrons. The van der Waals surface area contributed by atoms with Gasteiger partial charge in [0, 0.05) is 44.3 Å². The van der Waals surface area contributed by atoms with Gasteiger partial charge in [-0.1, -0.05) is 48.0 Å². The van der Waals surface area contributed by atoms with E-state index in [0.717, 1.165) is 25.0 Å². The Labute approximate surface area is 160 Å². The van der Waals surface area contributed by atoms with Gasteiger partial charge in [-0.05, 0) is 24.6 Å². The topological polar surface area (TPSA) is 53.5 Å². The molecule has 0 aliphatic carbocycles. The molecule has 0 bridgehead atoms. The molecule has 2 aromatic carbocycles. The number of benzene rings is 2. The Morgan fingerprint density at radius 3 is 2.37 bits per heavy atom. The fourth-order valence-corrected chi connectivity index (χ4v) is 5.09. The number of rotatable bonds is 4. The molecule has 5 nitrogen and oxygen atoms in total. The number of piperazine rings is 1. The Kier molecular flexibility index (Phi) is 4.95. The van der Waals surface area contributed by atoms with Gasteiger partial charge in [0.1, 0.15) is 4.90 Å². The Morgan fingerprint density at radius 2 is 1.63 bits per heavy atom. The first-order valence-electron chi connectivity index (χ1n) is 9.16. The zero-order chi connectivity index (χ0) is 18.9. The number of pyridine rings is 1. The Balaban J connectivity index is 1.49. The maximum Gasteiger partial charge on any atom is 0.245 e. The van der Waals surface area contributed by atoms with E-state index < -0.39 is 10.0 Å². The highest BCUT2D eigenvalue weighted by atomic mass is 32.2. The van der Waals surface area contributed by atoms with Gasteiger partial charge in [-0.25, -0.2) is 8.42 Å². The summed E-state index contributed by atoms with van der Waals surface area (Å²) in [6, 6.07) is 17.5. The average molecular weight is 382 g/mol. The van der Waals surface area contributed by atoms with Crippen molar-refractivity contribution in [3.63, 3.8) is 0 Å². The van der Waals surface area contributed by atoms with Gasteiger partial charge >= 0.3 is 0 Å². The van der Waals surface area contributed by atoms with E-state index in [9.17, 15) is 8.42 Å². The van der Waals surface area contributed by atoms with Crippen LogP contribution < -0.4 is 0 Å². The lowest BCUT2D eigenvalue weighted by Gasteiger charge is -2.34. The molecule has 0 amide bonds. The summed E-state index contributed by atoms with van der Waals surface area (Å²) in [5.41, 5.74) is 3.05. The van der Waals surface area contributed by atoms with Crippen molar-refractivity contribution in [2.24, 2.45) is 0 Å². The van der Waals surface area contributed by atoms with Crippen LogP contribution in [0.15, 0.2) is 65.7 Å². The highest BCUT2D eigenvalue weighted by molar-refractivity contribution is 7.89. The maximum atomic E-state index is 13.2. The summed E-state index contributed by atoms with van der Waals surface area (Å²) in [4.78, 5) is 6.91. The Morgan fingerprint density at radius 1 is 0.926 bits per heavy atom. The van der Waals surface area contributed by atoms with Gasteiger partial charge < -0.3 is 0 Å². The smallest absolute Gasteiger partial charge is 0.245 e. The predicted octanol–water partition coefficient (Wildman–Crippen LogP) is 3.05. The first-order valence-corrected chi connectivity index (χ1v) is 10.6. The van der Waals surface area contributed by atoms with Gasteiger partial charge in [-0.15, -0.1) is 0 Å². The van der Waals surface area contributed by atoms with Crippen LogP contribution in [-0.4, -0.2) is 48.8 Å². The third kappa shape index (κ3) is 3.74. The predicted molar refractivity (Wildman–Crippen MR) is 107 cm³/mol. The monoisotopic (exact) mass is 381 g/mol. The van der Waals surface area contributed by atoms with E-state index in [-0.39, 0.29) is 0 Å². The molecule has 6 heteroatoms. The quantitative estimate of drug-likeness (QED) is 0.697. The van der Waals surface area contributed by atoms with Crippen molar-refractivity contribution in [3.05, 3.63) is 71.9 Å². The number of hydrogen-bond acceptors (Lipinski definition) is 4. The fourth-order valence-electron chi connectivity index (χ4n) is 3.50. The van der Waals surface area contributed by atoms with Crippen LogP contribution in [0.4, 0.5) is 0 Å². The SMILES string of the molecule is Cc1ccc(CN2CCN(S(=O)(=O)c3cccc4cccnc34)CC2)cc1. The number of hydrogen-bond donors (Lipinski definition) is 0. The van der Waals surface area contributed by atoms with Crippen molar-refractivity contribution in [3.8, 4) is 0 Å². The van der Waals surface area contributed by atoms with Crippen molar-refractivity contribution in [1.29, 1.82) is 0 Å².